The molecule has 24 N–H and O–H groups in total. The van der Waals surface area contributed by atoms with E-state index in [9.17, 15) is 112 Å². The lowest BCUT2D eigenvalue weighted by Gasteiger charge is -2.35. The zero-order valence-electron chi connectivity index (χ0n) is 77.0. The number of benzene rings is 4. The summed E-state index contributed by atoms with van der Waals surface area (Å²) >= 11 is 1.90. The van der Waals surface area contributed by atoms with Crippen molar-refractivity contribution in [3.63, 3.8) is 0 Å². The number of ketones is 3. The van der Waals surface area contributed by atoms with Crippen LogP contribution in [0.2, 0.25) is 0 Å². The van der Waals surface area contributed by atoms with Gasteiger partial charge in [0.1, 0.15) is 65.9 Å². The normalized spacial score (nSPS) is 25.8. The molecule has 7 rings (SSSR count). The molecule has 0 aromatic heterocycles. The van der Waals surface area contributed by atoms with Gasteiger partial charge in [-0.15, -0.1) is 0 Å². The molecule has 45 nitrogen and oxygen atoms in total. The van der Waals surface area contributed by atoms with Gasteiger partial charge in [-0.1, -0.05) is 106 Å². The highest BCUT2D eigenvalue weighted by Crippen LogP contribution is 2.29. The van der Waals surface area contributed by atoms with Gasteiger partial charge in [-0.05, 0) is 85.0 Å². The molecule has 0 radical (unpaired) electrons. The van der Waals surface area contributed by atoms with Crippen LogP contribution >= 0.6 is 23.5 Å². The second-order valence-corrected chi connectivity index (χ2v) is 37.7. The highest BCUT2D eigenvalue weighted by Gasteiger charge is 2.44. The van der Waals surface area contributed by atoms with E-state index in [1.807, 2.05) is 0 Å². The number of hydrogen-bond acceptors (Lipinski definition) is 28. The molecule has 3 aliphatic rings. The molecular weight excluding hydrogens is 1840 g/mol. The largest absolute Gasteiger partial charge is 0.508 e. The summed E-state index contributed by atoms with van der Waals surface area (Å²) in [5.74, 6) is -32.0. The van der Waals surface area contributed by atoms with Crippen LogP contribution in [0.5, 0.6) is 5.75 Å². The Morgan fingerprint density at radius 1 is 0.464 bits per heavy atom. The number of nitrogens with one attached hydrogen (secondary N) is 12. The first kappa shape index (κ1) is 111. The molecule has 4 bridgehead atoms. The van der Waals surface area contributed by atoms with Gasteiger partial charge < -0.3 is 116 Å². The number of Topliss-reactive ketones (excluding diaryl/α,β-unsaturated/α-hetero) is 3. The van der Waals surface area contributed by atoms with E-state index < -0.39 is 341 Å². The molecule has 750 valence electrons. The number of hydrogen-bond donors (Lipinski definition) is 21. The number of aliphatic hydroxyl groups is 1. The molecule has 4 aromatic carbocycles. The molecule has 47 heteroatoms. The fourth-order valence-corrected chi connectivity index (χ4v) is 17.4. The Hall–Kier alpha value is -13.5. The number of rotatable bonds is 22. The van der Waals surface area contributed by atoms with E-state index in [1.165, 1.54) is 83.1 Å². The molecule has 15 amide bonds. The van der Waals surface area contributed by atoms with Gasteiger partial charge in [0.25, 0.3) is 0 Å². The van der Waals surface area contributed by atoms with Gasteiger partial charge in [0.15, 0.2) is 17.3 Å². The Morgan fingerprint density at radius 2 is 0.913 bits per heavy atom. The number of nitrogens with two attached hydrogens (primary N) is 3. The van der Waals surface area contributed by atoms with Crippen molar-refractivity contribution in [1.82, 2.24) is 73.6 Å². The Balaban J connectivity index is 1.39. The maximum Gasteiger partial charge on any atom is 0.305 e. The summed E-state index contributed by atoms with van der Waals surface area (Å²) in [5.41, 5.74) is 14.5. The molecule has 0 aliphatic carbocycles. The SMILES string of the molecule is C[C@H](N)C(=O)C[C@H]1CSCCC(=O)N2CCN3CC(O)(C2)NC[C@H](NC(=O)[C@@H](C)NC(=O)[C@H](Cc2cccc4ccccc24)CC(=O)[C@H](CCC(=O)O)NC(=O)[C@H](CC(N)=O)NC(=O)[C@@H](C)NC1=O)C(=O)N[C@@H](CCC(=O)O)C(=O)N[C@@H](CC(=O)O)C(=O)N[C@@H](Cc1ccccc1)C(=O)N[C@@H](Cc1ccc(O)cc1)C(=O)N[C@@H](CC(=O)O)C(=O)N[C@@H](C(C)(C)C)C(=O)C[C@H](C(N)=O)CSCCC3=O. The summed E-state index contributed by atoms with van der Waals surface area (Å²) in [6.07, 6.45) is -11.3. The summed E-state index contributed by atoms with van der Waals surface area (Å²) < 4.78 is 0. The Kier molecular flexibility index (Phi) is 42.6. The Labute approximate surface area is 801 Å². The van der Waals surface area contributed by atoms with Crippen LogP contribution in [-0.2, 0) is 125 Å². The number of carbonyl (C=O) groups excluding carboxylic acids is 18. The van der Waals surface area contributed by atoms with Crippen molar-refractivity contribution in [2.24, 2.45) is 40.4 Å². The molecule has 16 atom stereocenters. The van der Waals surface area contributed by atoms with Crippen molar-refractivity contribution in [3.05, 3.63) is 114 Å². The third-order valence-corrected chi connectivity index (χ3v) is 25.3. The number of phenolic OH excluding ortho intramolecular Hbond substituents is 1. The lowest BCUT2D eigenvalue weighted by molar-refractivity contribution is -0.142. The number of amides is 15. The van der Waals surface area contributed by atoms with Crippen LogP contribution in [0, 0.1) is 23.2 Å². The maximum absolute atomic E-state index is 15.6. The zero-order chi connectivity index (χ0) is 102. The number of aromatic hydroxyl groups is 1. The van der Waals surface area contributed by atoms with E-state index in [-0.39, 0.29) is 59.4 Å². The molecule has 3 aliphatic heterocycles. The number of nitrogens with zero attached hydrogens (tertiary/aromatic N) is 2. The first-order valence-corrected chi connectivity index (χ1v) is 46.9. The highest BCUT2D eigenvalue weighted by molar-refractivity contribution is 7.99. The van der Waals surface area contributed by atoms with Crippen LogP contribution in [-0.4, -0.2) is 304 Å². The number of carbonyl (C=O) groups is 22. The number of fused-ring (bicyclic) bond motifs is 5. The van der Waals surface area contributed by atoms with E-state index >= 15 is 24.0 Å². The molecule has 3 fully saturated rings. The fraction of sp³-hybridized carbons (Fsp3) is 0.516. The third-order valence-electron chi connectivity index (χ3n) is 23.0. The van der Waals surface area contributed by atoms with Gasteiger partial charge in [0.05, 0.1) is 62.3 Å². The van der Waals surface area contributed by atoms with Crippen LogP contribution in [0.1, 0.15) is 135 Å². The first-order chi connectivity index (χ1) is 65.0. The van der Waals surface area contributed by atoms with E-state index in [4.69, 9.17) is 17.2 Å². The minimum atomic E-state index is -2.63. The number of primary amides is 2. The topological polar surface area (TPSA) is 726 Å². The number of carboxylic acid groups (broad SMARTS) is 4. The van der Waals surface area contributed by atoms with E-state index in [0.717, 1.165) is 40.2 Å². The van der Waals surface area contributed by atoms with Gasteiger partial charge in [-0.2, -0.15) is 23.5 Å². The average Bonchev–Trinajstić information content (AvgIpc) is 1.10. The van der Waals surface area contributed by atoms with Crippen LogP contribution in [0.3, 0.4) is 0 Å². The van der Waals surface area contributed by atoms with Crippen molar-refractivity contribution in [2.45, 2.75) is 216 Å². The summed E-state index contributed by atoms with van der Waals surface area (Å²) in [4.78, 5) is 314. The van der Waals surface area contributed by atoms with Crippen molar-refractivity contribution < 1.29 is 136 Å². The minimum absolute atomic E-state index is 0.162. The molecule has 138 heavy (non-hydrogen) atoms. The monoisotopic (exact) mass is 1960 g/mol. The van der Waals surface area contributed by atoms with Crippen LogP contribution < -0.4 is 81.0 Å². The number of phenols is 1. The van der Waals surface area contributed by atoms with Crippen molar-refractivity contribution >= 4 is 164 Å². The van der Waals surface area contributed by atoms with E-state index in [1.54, 1.807) is 48.5 Å². The van der Waals surface area contributed by atoms with Gasteiger partial charge in [0, 0.05) is 106 Å². The fourth-order valence-electron chi connectivity index (χ4n) is 15.3. The first-order valence-electron chi connectivity index (χ1n) is 44.6. The minimum Gasteiger partial charge on any atom is -0.508 e. The van der Waals surface area contributed by atoms with Crippen LogP contribution in [0.25, 0.3) is 10.8 Å². The van der Waals surface area contributed by atoms with Gasteiger partial charge in [0.2, 0.25) is 88.6 Å². The lowest BCUT2D eigenvalue weighted by Crippen LogP contribution is -2.64. The maximum atomic E-state index is 15.6. The summed E-state index contributed by atoms with van der Waals surface area (Å²) in [5, 5.41) is 94.5. The third kappa shape index (κ3) is 35.9. The van der Waals surface area contributed by atoms with E-state index in [2.05, 4.69) is 63.8 Å². The van der Waals surface area contributed by atoms with Crippen LogP contribution in [0.4, 0.5) is 0 Å². The predicted molar refractivity (Wildman–Crippen MR) is 496 cm³/mol. The molecule has 4 aromatic rings. The molecule has 0 saturated carbocycles. The standard InChI is InChI=1S/C91H121N17O28S2/c1-47(92)67(110)38-56-44-138-32-28-72(115)108-30-29-107-45-91(136,46-108)95-42-66(105-80(126)49(3)96-81(127)54(35-53-17-12-16-52-15-10-11-18-58(52)53)36-68(111)59(23-25-73(116)117)98-86(132)63(39-70(93)113)100-79(125)48(2)97-82(56)128)89(135)99-60(24-26-74(118)119)83(129)103-64(40-75(120)121)87(133)102-61(33-50-13-8-7-9-14-50)84(130)101-62(34-51-19-21-57(109)22-20-51)85(131)104-65(41-76(122)123)88(134)106-77(90(4,5)6)69(112)37-55(78(94)124)43-137-31-27-71(107)114/h7-22,47-49,54-56,59-66,77,95,109,136H,23-46,92H2,1-6H3,(H2,93,113)(H2,94,124)(H,96,127)(H,97,128)(H,98,132)(H,99,135)(H,100,125)(H,101,130)(H,102,133)(H,103,129)(H,104,131)(H,105,126)(H,106,134)(H,116,117)(H,118,119)(H,120,121)(H,122,123)/t47-,48+,49+,54+,55-,56-,59-,60-,61-,62-,63-,64-,65-,66-,77+,91?/m0/s1. The van der Waals surface area contributed by atoms with E-state index in [0.29, 0.717) is 16.3 Å². The summed E-state index contributed by atoms with van der Waals surface area (Å²) in [7, 11) is 0. The van der Waals surface area contributed by atoms with Crippen molar-refractivity contribution in [3.8, 4) is 5.75 Å². The van der Waals surface area contributed by atoms with Crippen molar-refractivity contribution in [2.75, 3.05) is 55.7 Å². The molecule has 3 saturated heterocycles. The quantitative estimate of drug-likeness (QED) is 0.0360. The highest BCUT2D eigenvalue weighted by atomic mass is 32.2. The Morgan fingerprint density at radius 3 is 1.43 bits per heavy atom. The van der Waals surface area contributed by atoms with Gasteiger partial charge in [-0.3, -0.25) is 111 Å². The summed E-state index contributed by atoms with van der Waals surface area (Å²) in [6, 6.07) is 2.00. The molecular formula is C91H121N17O28S2. The number of carboxylic acids is 4. The zero-order valence-corrected chi connectivity index (χ0v) is 78.6. The lowest BCUT2D eigenvalue weighted by atomic mass is 9.81. The van der Waals surface area contributed by atoms with Gasteiger partial charge >= 0.3 is 23.9 Å². The average molecular weight is 1970 g/mol. The van der Waals surface area contributed by atoms with Crippen molar-refractivity contribution in [1.29, 1.82) is 0 Å². The smallest absolute Gasteiger partial charge is 0.305 e. The molecule has 1 unspecified atom stereocenters. The van der Waals surface area contributed by atoms with Gasteiger partial charge in [-0.25, -0.2) is 0 Å². The number of thioether (sulfide) groups is 2. The second-order valence-electron chi connectivity index (χ2n) is 35.4. The molecule has 3 heterocycles. The van der Waals surface area contributed by atoms with Crippen LogP contribution in [0.15, 0.2) is 97.1 Å². The molecule has 0 spiro atoms. The number of aliphatic carboxylic acids is 4. The second kappa shape index (κ2) is 52.7. The predicted octanol–water partition coefficient (Wildman–Crippen LogP) is -3.67. The Bertz CT molecular complexity index is 5160. The summed E-state index contributed by atoms with van der Waals surface area (Å²) in [6.45, 7) is 4.77.